The number of aromatic nitrogens is 2. The number of hydrogen-bond donors (Lipinski definition) is 0. The second kappa shape index (κ2) is 6.07. The number of benzene rings is 2. The molecule has 2 aromatic heterocycles. The summed E-state index contributed by atoms with van der Waals surface area (Å²) in [5.74, 6) is 0.766. The lowest BCUT2D eigenvalue weighted by Gasteiger charge is -2.04. The second-order valence-corrected chi connectivity index (χ2v) is 5.63. The lowest BCUT2D eigenvalue weighted by atomic mass is 10.2. The van der Waals surface area contributed by atoms with Crippen LogP contribution in [0.5, 0.6) is 5.75 Å². The highest BCUT2D eigenvalue weighted by Crippen LogP contribution is 2.30. The number of nitrogens with zero attached hydrogens (tertiary/aromatic N) is 2. The molecule has 0 N–H and O–H groups in total. The highest BCUT2D eigenvalue weighted by molar-refractivity contribution is 6.33. The normalized spacial score (nSPS) is 11.0. The SMILES string of the molecule is COc1cccc2cc(-c3nnc(-c4ccccc4Cl)o3)c(=O)oc12. The number of fused-ring (bicyclic) bond motifs is 1. The van der Waals surface area contributed by atoms with Crippen molar-refractivity contribution in [2.24, 2.45) is 0 Å². The van der Waals surface area contributed by atoms with Crippen LogP contribution in [0.1, 0.15) is 0 Å². The predicted octanol–water partition coefficient (Wildman–Crippen LogP) is 4.17. The second-order valence-electron chi connectivity index (χ2n) is 5.22. The largest absolute Gasteiger partial charge is 0.493 e. The molecule has 0 aliphatic carbocycles. The van der Waals surface area contributed by atoms with E-state index in [0.717, 1.165) is 0 Å². The number of halogens is 1. The van der Waals surface area contributed by atoms with Gasteiger partial charge in [-0.1, -0.05) is 35.9 Å². The Balaban J connectivity index is 1.85. The van der Waals surface area contributed by atoms with Gasteiger partial charge < -0.3 is 13.6 Å². The lowest BCUT2D eigenvalue weighted by molar-refractivity contribution is 0.406. The van der Waals surface area contributed by atoms with E-state index in [-0.39, 0.29) is 17.3 Å². The third kappa shape index (κ3) is 2.66. The van der Waals surface area contributed by atoms with Crippen molar-refractivity contribution in [2.45, 2.75) is 0 Å². The van der Waals surface area contributed by atoms with Crippen LogP contribution in [-0.4, -0.2) is 17.3 Å². The van der Waals surface area contributed by atoms with Crippen molar-refractivity contribution in [2.75, 3.05) is 7.11 Å². The molecule has 0 amide bonds. The fraction of sp³-hybridized carbons (Fsp3) is 0.0556. The quantitative estimate of drug-likeness (QED) is 0.514. The van der Waals surface area contributed by atoms with Crippen LogP contribution in [0.15, 0.2) is 62.2 Å². The van der Waals surface area contributed by atoms with Gasteiger partial charge in [0.05, 0.1) is 17.7 Å². The minimum atomic E-state index is -0.591. The summed E-state index contributed by atoms with van der Waals surface area (Å²) in [4.78, 5) is 12.3. The van der Waals surface area contributed by atoms with Gasteiger partial charge in [-0.3, -0.25) is 0 Å². The molecular formula is C18H11ClN2O4. The number of rotatable bonds is 3. The maximum atomic E-state index is 12.3. The monoisotopic (exact) mass is 354 g/mol. The maximum absolute atomic E-state index is 12.3. The molecule has 25 heavy (non-hydrogen) atoms. The molecule has 0 radical (unpaired) electrons. The van der Waals surface area contributed by atoms with E-state index in [2.05, 4.69) is 10.2 Å². The van der Waals surface area contributed by atoms with E-state index < -0.39 is 5.63 Å². The summed E-state index contributed by atoms with van der Waals surface area (Å²) in [6.07, 6.45) is 0. The summed E-state index contributed by atoms with van der Waals surface area (Å²) in [5.41, 5.74) is 0.539. The van der Waals surface area contributed by atoms with Crippen molar-refractivity contribution < 1.29 is 13.6 Å². The van der Waals surface area contributed by atoms with E-state index in [1.807, 2.05) is 6.07 Å². The summed E-state index contributed by atoms with van der Waals surface area (Å²) in [7, 11) is 1.51. The third-order valence-corrected chi connectivity index (χ3v) is 4.03. The van der Waals surface area contributed by atoms with Crippen molar-refractivity contribution in [1.29, 1.82) is 0 Å². The van der Waals surface area contributed by atoms with Crippen molar-refractivity contribution in [3.63, 3.8) is 0 Å². The van der Waals surface area contributed by atoms with Crippen molar-refractivity contribution >= 4 is 22.6 Å². The van der Waals surface area contributed by atoms with E-state index >= 15 is 0 Å². The van der Waals surface area contributed by atoms with Gasteiger partial charge in [-0.15, -0.1) is 10.2 Å². The van der Waals surface area contributed by atoms with E-state index in [1.54, 1.807) is 42.5 Å². The summed E-state index contributed by atoms with van der Waals surface area (Å²) in [5, 5.41) is 9.09. The van der Waals surface area contributed by atoms with Crippen molar-refractivity contribution in [3.8, 4) is 28.7 Å². The molecule has 0 aliphatic heterocycles. The molecular weight excluding hydrogens is 344 g/mol. The minimum absolute atomic E-state index is 0.0633. The summed E-state index contributed by atoms with van der Waals surface area (Å²) >= 11 is 6.13. The Bertz CT molecular complexity index is 1130. The van der Waals surface area contributed by atoms with Crippen LogP contribution >= 0.6 is 11.6 Å². The smallest absolute Gasteiger partial charge is 0.349 e. The first-order chi connectivity index (χ1) is 12.2. The number of para-hydroxylation sites is 1. The maximum Gasteiger partial charge on any atom is 0.349 e. The Morgan fingerprint density at radius 2 is 1.72 bits per heavy atom. The van der Waals surface area contributed by atoms with Crippen LogP contribution in [0.2, 0.25) is 5.02 Å². The average molecular weight is 355 g/mol. The molecule has 4 rings (SSSR count). The number of hydrogen-bond acceptors (Lipinski definition) is 6. The van der Waals surface area contributed by atoms with Crippen LogP contribution in [0.3, 0.4) is 0 Å². The Morgan fingerprint density at radius 3 is 2.48 bits per heavy atom. The number of ether oxygens (including phenoxy) is 1. The molecule has 0 saturated carbocycles. The molecule has 7 heteroatoms. The average Bonchev–Trinajstić information content (AvgIpc) is 3.10. The molecule has 2 heterocycles. The Morgan fingerprint density at radius 1 is 0.960 bits per heavy atom. The first-order valence-corrected chi connectivity index (χ1v) is 7.75. The van der Waals surface area contributed by atoms with E-state index in [1.165, 1.54) is 7.11 Å². The summed E-state index contributed by atoms with van der Waals surface area (Å²) in [6, 6.07) is 14.0. The fourth-order valence-corrected chi connectivity index (χ4v) is 2.72. The van der Waals surface area contributed by atoms with Gasteiger partial charge in [-0.2, -0.15) is 0 Å². The van der Waals surface area contributed by atoms with E-state index in [0.29, 0.717) is 27.3 Å². The summed E-state index contributed by atoms with van der Waals surface area (Å²) in [6.45, 7) is 0. The Hall–Kier alpha value is -3.12. The van der Waals surface area contributed by atoms with Crippen LogP contribution in [0.25, 0.3) is 33.9 Å². The van der Waals surface area contributed by atoms with Crippen LogP contribution in [0, 0.1) is 0 Å². The van der Waals surface area contributed by atoms with Gasteiger partial charge in [0.25, 0.3) is 5.89 Å². The van der Waals surface area contributed by atoms with Gasteiger partial charge in [-0.25, -0.2) is 4.79 Å². The van der Waals surface area contributed by atoms with Gasteiger partial charge >= 0.3 is 5.63 Å². The van der Waals surface area contributed by atoms with Crippen LogP contribution < -0.4 is 10.4 Å². The zero-order valence-electron chi connectivity index (χ0n) is 13.0. The summed E-state index contributed by atoms with van der Waals surface area (Å²) < 4.78 is 16.2. The van der Waals surface area contributed by atoms with Crippen LogP contribution in [0.4, 0.5) is 0 Å². The van der Waals surface area contributed by atoms with Gasteiger partial charge in [0.15, 0.2) is 11.3 Å². The first-order valence-electron chi connectivity index (χ1n) is 7.37. The zero-order chi connectivity index (χ0) is 17.4. The molecule has 2 aromatic carbocycles. The zero-order valence-corrected chi connectivity index (χ0v) is 13.8. The Labute approximate surface area is 146 Å². The molecule has 0 unspecified atom stereocenters. The molecule has 6 nitrogen and oxygen atoms in total. The van der Waals surface area contributed by atoms with Crippen molar-refractivity contribution in [3.05, 3.63) is 64.0 Å². The first kappa shape index (κ1) is 15.4. The van der Waals surface area contributed by atoms with Gasteiger partial charge in [-0.05, 0) is 24.3 Å². The molecule has 0 bridgehead atoms. The molecule has 0 spiro atoms. The topological polar surface area (TPSA) is 78.4 Å². The molecule has 0 saturated heterocycles. The van der Waals surface area contributed by atoms with Crippen molar-refractivity contribution in [1.82, 2.24) is 10.2 Å². The molecule has 4 aromatic rings. The molecule has 0 atom stereocenters. The van der Waals surface area contributed by atoms with E-state index in [9.17, 15) is 4.79 Å². The predicted molar refractivity (Wildman–Crippen MR) is 92.8 cm³/mol. The van der Waals surface area contributed by atoms with Gasteiger partial charge in [0.2, 0.25) is 5.89 Å². The van der Waals surface area contributed by atoms with Gasteiger partial charge in [0, 0.05) is 5.39 Å². The Kier molecular flexibility index (Phi) is 3.74. The highest BCUT2D eigenvalue weighted by Gasteiger charge is 2.18. The lowest BCUT2D eigenvalue weighted by Crippen LogP contribution is -2.03. The fourth-order valence-electron chi connectivity index (χ4n) is 2.50. The van der Waals surface area contributed by atoms with E-state index in [4.69, 9.17) is 25.2 Å². The third-order valence-electron chi connectivity index (χ3n) is 3.70. The molecule has 0 aliphatic rings. The number of methoxy groups -OCH3 is 1. The standard InChI is InChI=1S/C18H11ClN2O4/c1-23-14-8-4-5-10-9-12(18(22)24-15(10)14)17-21-20-16(25-17)11-6-2-3-7-13(11)19/h2-9H,1H3. The highest BCUT2D eigenvalue weighted by atomic mass is 35.5. The molecule has 0 fully saturated rings. The molecule has 124 valence electrons. The minimum Gasteiger partial charge on any atom is -0.493 e. The van der Waals surface area contributed by atoms with Gasteiger partial charge in [0.1, 0.15) is 5.56 Å². The van der Waals surface area contributed by atoms with Crippen LogP contribution in [-0.2, 0) is 0 Å².